The molecular weight excluding hydrogens is 343 g/mol. The summed E-state index contributed by atoms with van der Waals surface area (Å²) in [5.74, 6) is 0.306. The molecule has 0 spiro atoms. The van der Waals surface area contributed by atoms with Gasteiger partial charge in [-0.05, 0) is 47.5 Å². The monoisotopic (exact) mass is 355 g/mol. The van der Waals surface area contributed by atoms with Crippen molar-refractivity contribution in [1.82, 2.24) is 14.6 Å². The van der Waals surface area contributed by atoms with Gasteiger partial charge in [0, 0.05) is 6.20 Å². The SMILES string of the molecule is FC(F)(F)c1nnc2ccc(-c3ccc(Oc4ccccc4)cc3)cn12. The highest BCUT2D eigenvalue weighted by Gasteiger charge is 2.36. The van der Waals surface area contributed by atoms with Crippen LogP contribution in [0.1, 0.15) is 5.82 Å². The van der Waals surface area contributed by atoms with E-state index >= 15 is 0 Å². The number of rotatable bonds is 3. The van der Waals surface area contributed by atoms with Crippen molar-refractivity contribution in [2.24, 2.45) is 0 Å². The Morgan fingerprint density at radius 3 is 2.08 bits per heavy atom. The van der Waals surface area contributed by atoms with Crippen LogP contribution in [-0.4, -0.2) is 14.6 Å². The number of benzene rings is 2. The van der Waals surface area contributed by atoms with Crippen LogP contribution in [0.2, 0.25) is 0 Å². The highest BCUT2D eigenvalue weighted by Crippen LogP contribution is 2.30. The standard InChI is InChI=1S/C19H12F3N3O/c20-19(21,22)18-24-23-17-11-8-14(12-25(17)18)13-6-9-16(10-7-13)26-15-4-2-1-3-5-15/h1-12H. The molecule has 2 aromatic heterocycles. The first kappa shape index (κ1) is 16.1. The lowest BCUT2D eigenvalue weighted by atomic mass is 10.1. The predicted octanol–water partition coefficient (Wildman–Crippen LogP) is 5.21. The van der Waals surface area contributed by atoms with Gasteiger partial charge in [0.2, 0.25) is 5.82 Å². The largest absolute Gasteiger partial charge is 0.457 e. The molecule has 0 radical (unpaired) electrons. The van der Waals surface area contributed by atoms with Gasteiger partial charge in [-0.25, -0.2) is 0 Å². The van der Waals surface area contributed by atoms with Gasteiger partial charge in [-0.3, -0.25) is 4.40 Å². The van der Waals surface area contributed by atoms with E-state index in [4.69, 9.17) is 4.74 Å². The zero-order valence-corrected chi connectivity index (χ0v) is 13.3. The van der Waals surface area contributed by atoms with E-state index in [1.807, 2.05) is 30.3 Å². The van der Waals surface area contributed by atoms with Gasteiger partial charge in [0.25, 0.3) is 0 Å². The lowest BCUT2D eigenvalue weighted by molar-refractivity contribution is -0.145. The van der Waals surface area contributed by atoms with Crippen LogP contribution in [-0.2, 0) is 6.18 Å². The molecule has 26 heavy (non-hydrogen) atoms. The second-order valence-electron chi connectivity index (χ2n) is 5.61. The van der Waals surface area contributed by atoms with Crippen molar-refractivity contribution in [2.45, 2.75) is 6.18 Å². The Hall–Kier alpha value is -3.35. The normalized spacial score (nSPS) is 11.7. The third kappa shape index (κ3) is 3.11. The molecule has 2 aromatic carbocycles. The van der Waals surface area contributed by atoms with Crippen molar-refractivity contribution in [3.05, 3.63) is 78.8 Å². The molecule has 0 unspecified atom stereocenters. The first-order chi connectivity index (χ1) is 12.5. The van der Waals surface area contributed by atoms with Crippen LogP contribution in [0.3, 0.4) is 0 Å². The van der Waals surface area contributed by atoms with Crippen LogP contribution in [0.15, 0.2) is 72.9 Å². The van der Waals surface area contributed by atoms with E-state index in [9.17, 15) is 13.2 Å². The third-order valence-electron chi connectivity index (χ3n) is 3.82. The zero-order chi connectivity index (χ0) is 18.1. The molecule has 0 atom stereocenters. The number of nitrogens with zero attached hydrogens (tertiary/aromatic N) is 3. The molecule has 0 aliphatic heterocycles. The summed E-state index contributed by atoms with van der Waals surface area (Å²) in [5, 5.41) is 6.78. The number of para-hydroxylation sites is 1. The molecule has 0 N–H and O–H groups in total. The fourth-order valence-electron chi connectivity index (χ4n) is 2.59. The summed E-state index contributed by atoms with van der Waals surface area (Å²) in [6.45, 7) is 0. The maximum absolute atomic E-state index is 13.0. The van der Waals surface area contributed by atoms with Gasteiger partial charge in [0.05, 0.1) is 0 Å². The molecule has 0 aliphatic carbocycles. The Morgan fingerprint density at radius 2 is 1.38 bits per heavy atom. The quantitative estimate of drug-likeness (QED) is 0.507. The van der Waals surface area contributed by atoms with Crippen molar-refractivity contribution in [3.63, 3.8) is 0 Å². The maximum Gasteiger partial charge on any atom is 0.452 e. The predicted molar refractivity (Wildman–Crippen MR) is 89.9 cm³/mol. The molecule has 0 aliphatic rings. The summed E-state index contributed by atoms with van der Waals surface area (Å²) < 4.78 is 45.7. The van der Waals surface area contributed by atoms with Crippen LogP contribution in [0, 0.1) is 0 Å². The molecule has 0 amide bonds. The minimum Gasteiger partial charge on any atom is -0.457 e. The van der Waals surface area contributed by atoms with Crippen LogP contribution in [0.5, 0.6) is 11.5 Å². The first-order valence-electron chi connectivity index (χ1n) is 7.76. The number of pyridine rings is 1. The van der Waals surface area contributed by atoms with E-state index in [1.54, 1.807) is 30.3 Å². The molecule has 0 saturated carbocycles. The minimum atomic E-state index is -4.56. The number of ether oxygens (including phenoxy) is 1. The minimum absolute atomic E-state index is 0.144. The Morgan fingerprint density at radius 1 is 0.731 bits per heavy atom. The van der Waals surface area contributed by atoms with Gasteiger partial charge < -0.3 is 4.74 Å². The van der Waals surface area contributed by atoms with Gasteiger partial charge in [-0.1, -0.05) is 30.3 Å². The van der Waals surface area contributed by atoms with Crippen molar-refractivity contribution in [3.8, 4) is 22.6 Å². The maximum atomic E-state index is 13.0. The Balaban J connectivity index is 1.65. The van der Waals surface area contributed by atoms with E-state index in [1.165, 1.54) is 12.3 Å². The summed E-state index contributed by atoms with van der Waals surface area (Å²) in [6.07, 6.45) is -3.18. The number of fused-ring (bicyclic) bond motifs is 1. The van der Waals surface area contributed by atoms with Crippen molar-refractivity contribution < 1.29 is 17.9 Å². The van der Waals surface area contributed by atoms with Gasteiger partial charge in [0.15, 0.2) is 5.65 Å². The van der Waals surface area contributed by atoms with Crippen molar-refractivity contribution in [2.75, 3.05) is 0 Å². The Kier molecular flexibility index (Phi) is 3.84. The molecule has 7 heteroatoms. The van der Waals surface area contributed by atoms with E-state index < -0.39 is 12.0 Å². The van der Waals surface area contributed by atoms with E-state index in [0.717, 1.165) is 9.96 Å². The fourth-order valence-corrected chi connectivity index (χ4v) is 2.59. The van der Waals surface area contributed by atoms with Crippen molar-refractivity contribution in [1.29, 1.82) is 0 Å². The van der Waals surface area contributed by atoms with E-state index in [0.29, 0.717) is 17.1 Å². The zero-order valence-electron chi connectivity index (χ0n) is 13.3. The van der Waals surface area contributed by atoms with Crippen LogP contribution < -0.4 is 4.74 Å². The number of alkyl halides is 3. The highest BCUT2D eigenvalue weighted by atomic mass is 19.4. The lowest BCUT2D eigenvalue weighted by Gasteiger charge is -2.08. The summed E-state index contributed by atoms with van der Waals surface area (Å²) in [4.78, 5) is 0. The average molecular weight is 355 g/mol. The molecule has 4 nitrogen and oxygen atoms in total. The molecule has 0 saturated heterocycles. The number of hydrogen-bond acceptors (Lipinski definition) is 3. The van der Waals surface area contributed by atoms with Gasteiger partial charge >= 0.3 is 6.18 Å². The summed E-state index contributed by atoms with van der Waals surface area (Å²) >= 11 is 0. The Bertz CT molecular complexity index is 1040. The van der Waals surface area contributed by atoms with Gasteiger partial charge in [-0.15, -0.1) is 10.2 Å². The van der Waals surface area contributed by atoms with Crippen LogP contribution in [0.25, 0.3) is 16.8 Å². The highest BCUT2D eigenvalue weighted by molar-refractivity contribution is 5.65. The van der Waals surface area contributed by atoms with E-state index in [2.05, 4.69) is 10.2 Å². The molecule has 130 valence electrons. The molecular formula is C19H12F3N3O. The molecule has 4 aromatic rings. The second-order valence-corrected chi connectivity index (χ2v) is 5.61. The topological polar surface area (TPSA) is 39.4 Å². The van der Waals surface area contributed by atoms with Crippen LogP contribution >= 0.6 is 0 Å². The average Bonchev–Trinajstić information content (AvgIpc) is 3.07. The van der Waals surface area contributed by atoms with Crippen LogP contribution in [0.4, 0.5) is 13.2 Å². The lowest BCUT2D eigenvalue weighted by Crippen LogP contribution is -2.10. The molecule has 2 heterocycles. The number of halogens is 3. The Labute approximate surface area is 146 Å². The smallest absolute Gasteiger partial charge is 0.452 e. The third-order valence-corrected chi connectivity index (χ3v) is 3.82. The molecule has 4 rings (SSSR count). The first-order valence-corrected chi connectivity index (χ1v) is 7.76. The summed E-state index contributed by atoms with van der Waals surface area (Å²) in [5.41, 5.74) is 1.52. The summed E-state index contributed by atoms with van der Waals surface area (Å²) in [6, 6.07) is 19.6. The van der Waals surface area contributed by atoms with E-state index in [-0.39, 0.29) is 5.65 Å². The number of hydrogen-bond donors (Lipinski definition) is 0. The van der Waals surface area contributed by atoms with Gasteiger partial charge in [-0.2, -0.15) is 13.2 Å². The number of aromatic nitrogens is 3. The van der Waals surface area contributed by atoms with Crippen molar-refractivity contribution >= 4 is 5.65 Å². The molecule has 0 fully saturated rings. The molecule has 0 bridgehead atoms. The summed E-state index contributed by atoms with van der Waals surface area (Å²) in [7, 11) is 0. The fraction of sp³-hybridized carbons (Fsp3) is 0.0526. The second kappa shape index (κ2) is 6.18. The van der Waals surface area contributed by atoms with Gasteiger partial charge in [0.1, 0.15) is 11.5 Å².